The maximum Gasteiger partial charge on any atom is 0.300 e. The summed E-state index contributed by atoms with van der Waals surface area (Å²) in [7, 11) is -3.99. The number of nitrogens with one attached hydrogen (secondary N) is 2. The third-order valence-electron chi connectivity index (χ3n) is 5.46. The molecule has 0 radical (unpaired) electrons. The molecule has 0 saturated carbocycles. The van der Waals surface area contributed by atoms with Crippen LogP contribution in [-0.2, 0) is 14.8 Å². The molecule has 0 unspecified atom stereocenters. The zero-order valence-corrected chi connectivity index (χ0v) is 20.6. The molecule has 0 aliphatic rings. The van der Waals surface area contributed by atoms with Gasteiger partial charge in [-0.3, -0.25) is 4.79 Å². The number of rotatable bonds is 6. The summed E-state index contributed by atoms with van der Waals surface area (Å²) in [5.41, 5.74) is 5.32. The zero-order chi connectivity index (χ0) is 25.3. The van der Waals surface area contributed by atoms with Crippen LogP contribution in [-0.4, -0.2) is 24.3 Å². The molecule has 36 heavy (non-hydrogen) atoms. The number of carbonyl (C=O) groups is 1. The van der Waals surface area contributed by atoms with E-state index >= 15 is 0 Å². The topological polar surface area (TPSA) is 101 Å². The SMILES string of the molecule is CC(=O)NS(=O)(=O)c1cccc(Oc2nc3cc(-c4ccc(-c5ccccc5)cc4)c(Cl)cc3[nH]2)c1. The second-order valence-corrected chi connectivity index (χ2v) is 10.2. The minimum atomic E-state index is -3.99. The first-order valence-corrected chi connectivity index (χ1v) is 12.8. The van der Waals surface area contributed by atoms with Crippen LogP contribution in [0.2, 0.25) is 5.02 Å². The molecule has 2 N–H and O–H groups in total. The lowest BCUT2D eigenvalue weighted by Crippen LogP contribution is -2.28. The van der Waals surface area contributed by atoms with Gasteiger partial charge in [0.05, 0.1) is 21.0 Å². The Morgan fingerprint density at radius 2 is 1.58 bits per heavy atom. The average molecular weight is 518 g/mol. The number of fused-ring (bicyclic) bond motifs is 1. The van der Waals surface area contributed by atoms with Gasteiger partial charge >= 0.3 is 0 Å². The van der Waals surface area contributed by atoms with Crippen molar-refractivity contribution in [3.63, 3.8) is 0 Å². The Balaban J connectivity index is 1.42. The first kappa shape index (κ1) is 23.6. The molecule has 0 atom stereocenters. The van der Waals surface area contributed by atoms with Crippen molar-refractivity contribution >= 4 is 38.6 Å². The van der Waals surface area contributed by atoms with Crippen molar-refractivity contribution in [2.45, 2.75) is 11.8 Å². The number of nitrogens with zero attached hydrogens (tertiary/aromatic N) is 1. The molecular weight excluding hydrogens is 498 g/mol. The first-order chi connectivity index (χ1) is 17.3. The van der Waals surface area contributed by atoms with Gasteiger partial charge in [0, 0.05) is 18.6 Å². The van der Waals surface area contributed by atoms with E-state index in [9.17, 15) is 13.2 Å². The van der Waals surface area contributed by atoms with E-state index < -0.39 is 15.9 Å². The number of H-pyrrole nitrogens is 1. The summed E-state index contributed by atoms with van der Waals surface area (Å²) in [5, 5.41) is 0.550. The lowest BCUT2D eigenvalue weighted by atomic mass is 10.00. The van der Waals surface area contributed by atoms with Crippen LogP contribution in [0.1, 0.15) is 6.92 Å². The van der Waals surface area contributed by atoms with Crippen LogP contribution in [0.4, 0.5) is 0 Å². The van der Waals surface area contributed by atoms with Gasteiger partial charge in [-0.15, -0.1) is 0 Å². The van der Waals surface area contributed by atoms with Crippen LogP contribution < -0.4 is 9.46 Å². The molecule has 0 bridgehead atoms. The minimum absolute atomic E-state index is 0.101. The second-order valence-electron chi connectivity index (χ2n) is 8.07. The zero-order valence-electron chi connectivity index (χ0n) is 19.0. The first-order valence-electron chi connectivity index (χ1n) is 10.9. The Labute approximate surface area is 212 Å². The second kappa shape index (κ2) is 9.49. The highest BCUT2D eigenvalue weighted by Crippen LogP contribution is 2.34. The molecule has 0 aliphatic carbocycles. The molecule has 9 heteroatoms. The van der Waals surface area contributed by atoms with Gasteiger partial charge in [0.25, 0.3) is 16.0 Å². The van der Waals surface area contributed by atoms with Gasteiger partial charge < -0.3 is 9.72 Å². The van der Waals surface area contributed by atoms with Gasteiger partial charge in [0.2, 0.25) is 5.91 Å². The van der Waals surface area contributed by atoms with Crippen molar-refractivity contribution < 1.29 is 17.9 Å². The summed E-state index contributed by atoms with van der Waals surface area (Å²) >= 11 is 6.59. The lowest BCUT2D eigenvalue weighted by Gasteiger charge is -2.07. The predicted molar refractivity (Wildman–Crippen MR) is 139 cm³/mol. The third kappa shape index (κ3) is 4.95. The van der Waals surface area contributed by atoms with Gasteiger partial charge in [0.1, 0.15) is 5.75 Å². The largest absolute Gasteiger partial charge is 0.426 e. The van der Waals surface area contributed by atoms with E-state index in [1.807, 2.05) is 53.3 Å². The Hall–Kier alpha value is -4.14. The fourth-order valence-electron chi connectivity index (χ4n) is 3.81. The molecule has 1 amide bonds. The number of sulfonamides is 1. The monoisotopic (exact) mass is 517 g/mol. The van der Waals surface area contributed by atoms with E-state index in [0.29, 0.717) is 16.1 Å². The van der Waals surface area contributed by atoms with E-state index in [-0.39, 0.29) is 16.7 Å². The van der Waals surface area contributed by atoms with Crippen LogP contribution in [0.5, 0.6) is 11.8 Å². The Morgan fingerprint density at radius 1 is 0.889 bits per heavy atom. The normalized spacial score (nSPS) is 11.4. The highest BCUT2D eigenvalue weighted by molar-refractivity contribution is 7.90. The number of imidazole rings is 1. The Morgan fingerprint density at radius 3 is 2.31 bits per heavy atom. The summed E-state index contributed by atoms with van der Waals surface area (Å²) < 4.78 is 32.2. The number of ether oxygens (including phenoxy) is 1. The van der Waals surface area contributed by atoms with E-state index in [2.05, 4.69) is 22.1 Å². The molecule has 0 saturated heterocycles. The van der Waals surface area contributed by atoms with Gasteiger partial charge in [0.15, 0.2) is 0 Å². The number of carbonyl (C=O) groups excluding carboxylic acids is 1. The van der Waals surface area contributed by atoms with Gasteiger partial charge in [-0.05, 0) is 41.0 Å². The van der Waals surface area contributed by atoms with Crippen LogP contribution >= 0.6 is 11.6 Å². The number of benzene rings is 4. The van der Waals surface area contributed by atoms with Crippen molar-refractivity contribution in [3.8, 4) is 34.0 Å². The molecule has 5 rings (SSSR count). The average Bonchev–Trinajstić information content (AvgIpc) is 3.24. The molecule has 180 valence electrons. The number of amides is 1. The third-order valence-corrected chi connectivity index (χ3v) is 7.20. The molecule has 7 nitrogen and oxygen atoms in total. The van der Waals surface area contributed by atoms with E-state index in [4.69, 9.17) is 16.3 Å². The van der Waals surface area contributed by atoms with Crippen LogP contribution in [0, 0.1) is 0 Å². The fourth-order valence-corrected chi connectivity index (χ4v) is 5.11. The molecule has 1 aromatic heterocycles. The van der Waals surface area contributed by atoms with E-state index in [0.717, 1.165) is 29.2 Å². The summed E-state index contributed by atoms with van der Waals surface area (Å²) in [6.45, 7) is 1.13. The highest BCUT2D eigenvalue weighted by atomic mass is 35.5. The number of hydrogen-bond acceptors (Lipinski definition) is 5. The van der Waals surface area contributed by atoms with Gasteiger partial charge in [-0.2, -0.15) is 4.98 Å². The molecule has 4 aromatic carbocycles. The van der Waals surface area contributed by atoms with Crippen molar-refractivity contribution in [1.29, 1.82) is 0 Å². The number of aromatic nitrogens is 2. The molecule has 0 fully saturated rings. The minimum Gasteiger partial charge on any atom is -0.426 e. The summed E-state index contributed by atoms with van der Waals surface area (Å²) in [6, 6.07) is 27.8. The summed E-state index contributed by atoms with van der Waals surface area (Å²) in [5.74, 6) is -0.440. The Kier molecular flexibility index (Phi) is 6.22. The lowest BCUT2D eigenvalue weighted by molar-refractivity contribution is -0.117. The van der Waals surface area contributed by atoms with E-state index in [1.165, 1.54) is 18.2 Å². The van der Waals surface area contributed by atoms with Crippen LogP contribution in [0.3, 0.4) is 0 Å². The summed E-state index contributed by atoms with van der Waals surface area (Å²) in [4.78, 5) is 18.6. The van der Waals surface area contributed by atoms with Crippen molar-refractivity contribution in [2.75, 3.05) is 0 Å². The maximum absolute atomic E-state index is 12.3. The molecule has 1 heterocycles. The van der Waals surface area contributed by atoms with Gasteiger partial charge in [-0.25, -0.2) is 13.1 Å². The van der Waals surface area contributed by atoms with Crippen molar-refractivity contribution in [3.05, 3.63) is 96.0 Å². The van der Waals surface area contributed by atoms with Crippen LogP contribution in [0.25, 0.3) is 33.3 Å². The fraction of sp³-hybridized carbons (Fsp3) is 0.0370. The predicted octanol–water partition coefficient (Wildman–Crippen LogP) is 6.17. The van der Waals surface area contributed by atoms with Crippen LogP contribution in [0.15, 0.2) is 95.9 Å². The number of halogens is 1. The Bertz CT molecular complexity index is 1680. The molecule has 0 aliphatic heterocycles. The van der Waals surface area contributed by atoms with Gasteiger partial charge in [-0.1, -0.05) is 72.3 Å². The smallest absolute Gasteiger partial charge is 0.300 e. The maximum atomic E-state index is 12.3. The van der Waals surface area contributed by atoms with Crippen molar-refractivity contribution in [1.82, 2.24) is 14.7 Å². The standard InChI is InChI=1S/C27H20ClN3O4S/c1-17(32)31-36(33,34)22-9-5-8-21(14-22)35-27-29-25-15-23(24(28)16-26(25)30-27)20-12-10-19(11-13-20)18-6-3-2-4-7-18/h2-16H,1H3,(H,29,30)(H,31,32). The number of aromatic amines is 1. The van der Waals surface area contributed by atoms with E-state index in [1.54, 1.807) is 12.1 Å². The van der Waals surface area contributed by atoms with Crippen molar-refractivity contribution in [2.24, 2.45) is 0 Å². The molecule has 0 spiro atoms. The summed E-state index contributed by atoms with van der Waals surface area (Å²) in [6.07, 6.45) is 0. The molecular formula is C27H20ClN3O4S. The quantitative estimate of drug-likeness (QED) is 0.280. The number of hydrogen-bond donors (Lipinski definition) is 2. The molecule has 5 aromatic rings. The highest BCUT2D eigenvalue weighted by Gasteiger charge is 2.17.